The summed E-state index contributed by atoms with van der Waals surface area (Å²) in [5, 5.41) is 9.85. The zero-order valence-corrected chi connectivity index (χ0v) is 7.80. The first-order valence-corrected chi connectivity index (χ1v) is 4.45. The number of halogens is 1. The van der Waals surface area contributed by atoms with Crippen molar-refractivity contribution in [1.29, 1.82) is 0 Å². The van der Waals surface area contributed by atoms with Gasteiger partial charge in [0.05, 0.1) is 10.7 Å². The Morgan fingerprint density at radius 2 is 2.33 bits per heavy atom. The van der Waals surface area contributed by atoms with Crippen molar-refractivity contribution in [2.45, 2.75) is 26.2 Å². The van der Waals surface area contributed by atoms with Gasteiger partial charge in [-0.1, -0.05) is 24.9 Å². The molecule has 0 saturated carbocycles. The summed E-state index contributed by atoms with van der Waals surface area (Å²) in [4.78, 5) is 4.03. The molecule has 0 saturated heterocycles. The maximum atomic E-state index is 9.37. The van der Waals surface area contributed by atoms with E-state index in [-0.39, 0.29) is 5.75 Å². The molecule has 1 aromatic heterocycles. The lowest BCUT2D eigenvalue weighted by Gasteiger charge is -2.01. The van der Waals surface area contributed by atoms with Gasteiger partial charge in [-0.3, -0.25) is 4.98 Å². The van der Waals surface area contributed by atoms with Gasteiger partial charge < -0.3 is 5.11 Å². The molecule has 2 nitrogen and oxygen atoms in total. The maximum absolute atomic E-state index is 9.37. The fourth-order valence-electron chi connectivity index (χ4n) is 0.994. The van der Waals surface area contributed by atoms with Gasteiger partial charge in [0.15, 0.2) is 0 Å². The molecule has 0 bridgehead atoms. The van der Waals surface area contributed by atoms with Crippen molar-refractivity contribution in [3.05, 3.63) is 23.0 Å². The van der Waals surface area contributed by atoms with Crippen LogP contribution in [0.3, 0.4) is 0 Å². The third kappa shape index (κ3) is 2.38. The third-order valence-electron chi connectivity index (χ3n) is 1.68. The minimum Gasteiger partial charge on any atom is -0.506 e. The second kappa shape index (κ2) is 4.31. The average Bonchev–Trinajstić information content (AvgIpc) is 2.03. The Morgan fingerprint density at radius 1 is 1.58 bits per heavy atom. The number of aromatic hydroxyl groups is 1. The van der Waals surface area contributed by atoms with Gasteiger partial charge in [-0.2, -0.15) is 0 Å². The third-order valence-corrected chi connectivity index (χ3v) is 1.89. The van der Waals surface area contributed by atoms with Crippen LogP contribution in [0.4, 0.5) is 0 Å². The highest BCUT2D eigenvalue weighted by atomic mass is 35.5. The molecule has 0 aromatic carbocycles. The summed E-state index contributed by atoms with van der Waals surface area (Å²) in [6.45, 7) is 2.10. The van der Waals surface area contributed by atoms with Crippen molar-refractivity contribution in [3.8, 4) is 5.75 Å². The molecule has 0 aliphatic rings. The van der Waals surface area contributed by atoms with Crippen LogP contribution in [0.5, 0.6) is 5.75 Å². The van der Waals surface area contributed by atoms with E-state index in [4.69, 9.17) is 11.6 Å². The Kier molecular flexibility index (Phi) is 3.35. The predicted octanol–water partition coefficient (Wildman–Crippen LogP) is 2.78. The highest BCUT2D eigenvalue weighted by Gasteiger charge is 2.01. The number of rotatable bonds is 3. The summed E-state index contributed by atoms with van der Waals surface area (Å²) in [6, 6.07) is 1.53. The number of aromatic nitrogens is 1. The quantitative estimate of drug-likeness (QED) is 0.786. The molecule has 1 rings (SSSR count). The number of aryl methyl sites for hydroxylation is 1. The smallest absolute Gasteiger partial charge is 0.138 e. The van der Waals surface area contributed by atoms with E-state index in [9.17, 15) is 5.11 Å². The fourth-order valence-corrected chi connectivity index (χ4v) is 1.15. The number of unbranched alkanes of at least 4 members (excludes halogenated alkanes) is 1. The first kappa shape index (κ1) is 9.33. The van der Waals surface area contributed by atoms with Gasteiger partial charge in [0.25, 0.3) is 0 Å². The fraction of sp³-hybridized carbons (Fsp3) is 0.444. The molecule has 1 aromatic rings. The molecule has 0 atom stereocenters. The Balaban J connectivity index is 2.72. The summed E-state index contributed by atoms with van der Waals surface area (Å²) < 4.78 is 0. The van der Waals surface area contributed by atoms with Crippen LogP contribution >= 0.6 is 11.6 Å². The molecular weight excluding hydrogens is 174 g/mol. The molecule has 12 heavy (non-hydrogen) atoms. The summed E-state index contributed by atoms with van der Waals surface area (Å²) in [6.07, 6.45) is 4.53. The lowest BCUT2D eigenvalue weighted by atomic mass is 10.2. The molecule has 1 N–H and O–H groups in total. The first-order valence-electron chi connectivity index (χ1n) is 4.07. The summed E-state index contributed by atoms with van der Waals surface area (Å²) >= 11 is 5.63. The molecule has 0 amide bonds. The average molecular weight is 186 g/mol. The van der Waals surface area contributed by atoms with E-state index in [2.05, 4.69) is 11.9 Å². The number of hydrogen-bond donors (Lipinski definition) is 1. The van der Waals surface area contributed by atoms with Crippen molar-refractivity contribution in [3.63, 3.8) is 0 Å². The van der Waals surface area contributed by atoms with Gasteiger partial charge in [0, 0.05) is 12.3 Å². The zero-order chi connectivity index (χ0) is 8.97. The van der Waals surface area contributed by atoms with Crippen LogP contribution in [-0.2, 0) is 6.42 Å². The lowest BCUT2D eigenvalue weighted by Crippen LogP contribution is -1.89. The Hall–Kier alpha value is -0.760. The van der Waals surface area contributed by atoms with E-state index in [1.165, 1.54) is 6.07 Å². The van der Waals surface area contributed by atoms with Crippen LogP contribution in [0.15, 0.2) is 12.3 Å². The molecule has 66 valence electrons. The molecule has 3 heteroatoms. The van der Waals surface area contributed by atoms with Crippen LogP contribution in [0.2, 0.25) is 5.02 Å². The molecule has 0 aliphatic heterocycles. The van der Waals surface area contributed by atoms with Gasteiger partial charge >= 0.3 is 0 Å². The van der Waals surface area contributed by atoms with Crippen LogP contribution in [0.1, 0.15) is 25.5 Å². The summed E-state index contributed by atoms with van der Waals surface area (Å²) in [5.74, 6) is 0.205. The van der Waals surface area contributed by atoms with Crippen LogP contribution in [-0.4, -0.2) is 10.1 Å². The lowest BCUT2D eigenvalue weighted by molar-refractivity contribution is 0.462. The summed E-state index contributed by atoms with van der Waals surface area (Å²) in [5.41, 5.74) is 0.737. The van der Waals surface area contributed by atoms with Gasteiger partial charge in [0.2, 0.25) is 0 Å². The first-order chi connectivity index (χ1) is 5.74. The largest absolute Gasteiger partial charge is 0.506 e. The van der Waals surface area contributed by atoms with E-state index in [0.717, 1.165) is 25.0 Å². The molecule has 0 fully saturated rings. The van der Waals surface area contributed by atoms with Crippen molar-refractivity contribution in [1.82, 2.24) is 4.98 Å². The van der Waals surface area contributed by atoms with E-state index >= 15 is 0 Å². The summed E-state index contributed by atoms with van der Waals surface area (Å²) in [7, 11) is 0. The van der Waals surface area contributed by atoms with Gasteiger partial charge in [-0.25, -0.2) is 0 Å². The van der Waals surface area contributed by atoms with E-state index in [0.29, 0.717) is 5.02 Å². The van der Waals surface area contributed by atoms with Crippen molar-refractivity contribution in [2.75, 3.05) is 0 Å². The standard InChI is InChI=1S/C9H12ClNO/c1-2-3-4-8-9(12)5-7(10)6-11-8/h5-6,12H,2-4H2,1H3. The highest BCUT2D eigenvalue weighted by molar-refractivity contribution is 6.30. The van der Waals surface area contributed by atoms with Gasteiger partial charge in [0.1, 0.15) is 5.75 Å². The molecule has 0 aliphatic carbocycles. The van der Waals surface area contributed by atoms with E-state index in [1.54, 1.807) is 6.20 Å². The van der Waals surface area contributed by atoms with E-state index in [1.807, 2.05) is 0 Å². The topological polar surface area (TPSA) is 33.1 Å². The van der Waals surface area contributed by atoms with Crippen LogP contribution < -0.4 is 0 Å². The molecule has 0 spiro atoms. The zero-order valence-electron chi connectivity index (χ0n) is 7.05. The van der Waals surface area contributed by atoms with E-state index < -0.39 is 0 Å². The second-order valence-electron chi connectivity index (χ2n) is 2.72. The minimum absolute atomic E-state index is 0.205. The molecule has 0 unspecified atom stereocenters. The van der Waals surface area contributed by atoms with Crippen molar-refractivity contribution >= 4 is 11.6 Å². The number of pyridine rings is 1. The predicted molar refractivity (Wildman–Crippen MR) is 49.5 cm³/mol. The SMILES string of the molecule is CCCCc1ncc(Cl)cc1O. The second-order valence-corrected chi connectivity index (χ2v) is 3.16. The Morgan fingerprint density at radius 3 is 2.92 bits per heavy atom. The maximum Gasteiger partial charge on any atom is 0.138 e. The van der Waals surface area contributed by atoms with Crippen LogP contribution in [0.25, 0.3) is 0 Å². The normalized spacial score (nSPS) is 10.2. The van der Waals surface area contributed by atoms with Crippen LogP contribution in [0, 0.1) is 0 Å². The van der Waals surface area contributed by atoms with Crippen molar-refractivity contribution in [2.24, 2.45) is 0 Å². The van der Waals surface area contributed by atoms with Crippen molar-refractivity contribution < 1.29 is 5.11 Å². The minimum atomic E-state index is 0.205. The molecular formula is C9H12ClNO. The Labute approximate surface area is 77.2 Å². The highest BCUT2D eigenvalue weighted by Crippen LogP contribution is 2.20. The van der Waals surface area contributed by atoms with Gasteiger partial charge in [-0.15, -0.1) is 0 Å². The Bertz CT molecular complexity index is 263. The monoisotopic (exact) mass is 185 g/mol. The molecule has 0 radical (unpaired) electrons. The van der Waals surface area contributed by atoms with Gasteiger partial charge in [-0.05, 0) is 12.8 Å². The molecule has 1 heterocycles. The number of nitrogens with zero attached hydrogens (tertiary/aromatic N) is 1. The number of hydrogen-bond acceptors (Lipinski definition) is 2.